The molecular weight excluding hydrogens is 650 g/mol. The van der Waals surface area contributed by atoms with Gasteiger partial charge in [0.15, 0.2) is 5.13 Å². The van der Waals surface area contributed by atoms with E-state index >= 15 is 0 Å². The Balaban J connectivity index is 1.29. The molecule has 5 aromatic rings. The van der Waals surface area contributed by atoms with Crippen LogP contribution in [-0.2, 0) is 16.4 Å². The summed E-state index contributed by atoms with van der Waals surface area (Å²) in [4.78, 5) is 22.5. The standard InChI is InChI=1S/C36H38ClN5O3S2/c1-36(2,3)42-47(44,45)30-20-17-27(18-21-30)32-33(37)46-35(40-32)41-34(43)39-29(24-28-16-10-11-23-38-28)19-22-31(25-12-6-4-7-13-25)26-14-8-5-9-15-26/h4-18,20-21,23,29,31,42H,19,22,24H2,1-3H3,(H2,39,40,41,43). The summed E-state index contributed by atoms with van der Waals surface area (Å²) in [7, 11) is -3.68. The molecule has 0 aliphatic carbocycles. The average Bonchev–Trinajstić information content (AvgIpc) is 3.40. The molecule has 2 amide bonds. The summed E-state index contributed by atoms with van der Waals surface area (Å²) in [6.45, 7) is 5.35. The van der Waals surface area contributed by atoms with Gasteiger partial charge in [-0.15, -0.1) is 0 Å². The predicted molar refractivity (Wildman–Crippen MR) is 190 cm³/mol. The summed E-state index contributed by atoms with van der Waals surface area (Å²) in [5.41, 5.74) is 3.81. The number of carbonyl (C=O) groups excluding carboxylic acids is 1. The van der Waals surface area contributed by atoms with E-state index in [4.69, 9.17) is 11.6 Å². The van der Waals surface area contributed by atoms with E-state index in [1.54, 1.807) is 39.1 Å². The zero-order chi connectivity index (χ0) is 33.4. The number of aromatic nitrogens is 2. The van der Waals surface area contributed by atoms with E-state index in [0.29, 0.717) is 33.6 Å². The molecule has 0 saturated heterocycles. The minimum absolute atomic E-state index is 0.140. The molecule has 0 aliphatic heterocycles. The van der Waals surface area contributed by atoms with Crippen molar-refractivity contribution in [1.29, 1.82) is 0 Å². The number of benzene rings is 3. The van der Waals surface area contributed by atoms with Crippen LogP contribution in [0.5, 0.6) is 0 Å². The van der Waals surface area contributed by atoms with Crippen molar-refractivity contribution in [1.82, 2.24) is 20.0 Å². The highest BCUT2D eigenvalue weighted by Crippen LogP contribution is 2.36. The average molecular weight is 688 g/mol. The number of carbonyl (C=O) groups is 1. The molecule has 2 heterocycles. The molecule has 0 fully saturated rings. The molecule has 0 radical (unpaired) electrons. The Morgan fingerprint density at radius 2 is 1.47 bits per heavy atom. The number of amides is 2. The number of urea groups is 1. The van der Waals surface area contributed by atoms with Gasteiger partial charge in [0.1, 0.15) is 10.0 Å². The van der Waals surface area contributed by atoms with Crippen molar-refractivity contribution >= 4 is 44.1 Å². The minimum atomic E-state index is -3.68. The van der Waals surface area contributed by atoms with Crippen molar-refractivity contribution in [2.24, 2.45) is 0 Å². The number of rotatable bonds is 12. The van der Waals surface area contributed by atoms with Crippen LogP contribution in [0, 0.1) is 0 Å². The number of halogens is 1. The molecule has 0 aliphatic rings. The maximum Gasteiger partial charge on any atom is 0.321 e. The van der Waals surface area contributed by atoms with Gasteiger partial charge in [0.05, 0.1) is 4.90 Å². The number of nitrogens with one attached hydrogen (secondary N) is 3. The van der Waals surface area contributed by atoms with Crippen LogP contribution in [0.25, 0.3) is 11.3 Å². The third kappa shape index (κ3) is 9.71. The van der Waals surface area contributed by atoms with Crippen LogP contribution in [0.3, 0.4) is 0 Å². The van der Waals surface area contributed by atoms with Gasteiger partial charge in [-0.2, -0.15) is 0 Å². The summed E-state index contributed by atoms with van der Waals surface area (Å²) in [5, 5.41) is 6.32. The molecule has 2 aromatic heterocycles. The van der Waals surface area contributed by atoms with Gasteiger partial charge in [-0.1, -0.05) is 102 Å². The van der Waals surface area contributed by atoms with Crippen molar-refractivity contribution in [2.75, 3.05) is 5.32 Å². The number of sulfonamides is 1. The number of thiazole rings is 1. The topological polar surface area (TPSA) is 113 Å². The summed E-state index contributed by atoms with van der Waals surface area (Å²) < 4.78 is 28.4. The largest absolute Gasteiger partial charge is 0.335 e. The lowest BCUT2D eigenvalue weighted by Crippen LogP contribution is -2.40. The monoisotopic (exact) mass is 687 g/mol. The zero-order valence-corrected chi connectivity index (χ0v) is 28.9. The summed E-state index contributed by atoms with van der Waals surface area (Å²) in [5.74, 6) is 0.166. The van der Waals surface area contributed by atoms with E-state index in [2.05, 4.69) is 73.9 Å². The molecule has 3 aromatic carbocycles. The fraction of sp³-hybridized carbons (Fsp3) is 0.250. The van der Waals surface area contributed by atoms with Gasteiger partial charge in [-0.3, -0.25) is 10.3 Å². The molecule has 1 atom stereocenters. The fourth-order valence-electron chi connectivity index (χ4n) is 5.37. The Morgan fingerprint density at radius 3 is 2.04 bits per heavy atom. The lowest BCUT2D eigenvalue weighted by molar-refractivity contribution is 0.247. The van der Waals surface area contributed by atoms with Gasteiger partial charge in [0.25, 0.3) is 0 Å². The fourth-order valence-corrected chi connectivity index (χ4v) is 7.87. The van der Waals surface area contributed by atoms with Crippen molar-refractivity contribution in [3.8, 4) is 11.3 Å². The zero-order valence-electron chi connectivity index (χ0n) is 26.5. The SMILES string of the molecule is CC(C)(C)NS(=O)(=O)c1ccc(-c2nc(NC(=O)NC(CCC(c3ccccc3)c3ccccc3)Cc3ccccn3)sc2Cl)cc1. The van der Waals surface area contributed by atoms with E-state index in [-0.39, 0.29) is 16.9 Å². The van der Waals surface area contributed by atoms with Crippen LogP contribution in [-0.4, -0.2) is 36.0 Å². The first-order valence-corrected chi connectivity index (χ1v) is 18.0. The van der Waals surface area contributed by atoms with Crippen LogP contribution >= 0.6 is 22.9 Å². The number of hydrogen-bond donors (Lipinski definition) is 3. The highest BCUT2D eigenvalue weighted by molar-refractivity contribution is 7.89. The van der Waals surface area contributed by atoms with Gasteiger partial charge in [-0.25, -0.2) is 22.9 Å². The smallest absolute Gasteiger partial charge is 0.321 e. The molecule has 0 saturated carbocycles. The second kappa shape index (κ2) is 15.2. The van der Waals surface area contributed by atoms with E-state index < -0.39 is 21.6 Å². The Morgan fingerprint density at radius 1 is 0.851 bits per heavy atom. The second-order valence-corrected chi connectivity index (χ2v) is 15.6. The van der Waals surface area contributed by atoms with Crippen molar-refractivity contribution in [3.05, 3.63) is 130 Å². The third-order valence-electron chi connectivity index (χ3n) is 7.41. The van der Waals surface area contributed by atoms with Gasteiger partial charge < -0.3 is 5.32 Å². The first-order valence-electron chi connectivity index (χ1n) is 15.3. The maximum atomic E-state index is 13.3. The number of nitrogens with zero attached hydrogens (tertiary/aromatic N) is 2. The number of hydrogen-bond acceptors (Lipinski definition) is 6. The van der Waals surface area contributed by atoms with Gasteiger partial charge in [0.2, 0.25) is 10.0 Å². The van der Waals surface area contributed by atoms with Gasteiger partial charge in [0, 0.05) is 41.4 Å². The molecule has 47 heavy (non-hydrogen) atoms. The molecule has 1 unspecified atom stereocenters. The first kappa shape index (κ1) is 34.3. The molecule has 5 rings (SSSR count). The van der Waals surface area contributed by atoms with Crippen LogP contribution < -0.4 is 15.4 Å². The molecule has 11 heteroatoms. The molecular formula is C36H38ClN5O3S2. The van der Waals surface area contributed by atoms with Crippen LogP contribution in [0.15, 0.2) is 114 Å². The van der Waals surface area contributed by atoms with Gasteiger partial charge >= 0.3 is 6.03 Å². The van der Waals surface area contributed by atoms with Crippen LogP contribution in [0.2, 0.25) is 4.34 Å². The van der Waals surface area contributed by atoms with Crippen molar-refractivity contribution in [2.45, 2.75) is 62.4 Å². The number of pyridine rings is 1. The highest BCUT2D eigenvalue weighted by Gasteiger charge is 2.23. The van der Waals surface area contributed by atoms with E-state index in [1.165, 1.54) is 23.3 Å². The van der Waals surface area contributed by atoms with E-state index in [1.807, 2.05) is 30.3 Å². The van der Waals surface area contributed by atoms with E-state index in [0.717, 1.165) is 23.5 Å². The van der Waals surface area contributed by atoms with Gasteiger partial charge in [-0.05, 0) is 69.0 Å². The van der Waals surface area contributed by atoms with Crippen LogP contribution in [0.1, 0.15) is 56.4 Å². The normalized spacial score (nSPS) is 12.5. The molecule has 8 nitrogen and oxygen atoms in total. The summed E-state index contributed by atoms with van der Waals surface area (Å²) in [6, 6.07) is 32.3. The molecule has 0 bridgehead atoms. The molecule has 244 valence electrons. The lowest BCUT2D eigenvalue weighted by atomic mass is 9.86. The quantitative estimate of drug-likeness (QED) is 0.122. The first-order chi connectivity index (χ1) is 22.5. The molecule has 3 N–H and O–H groups in total. The minimum Gasteiger partial charge on any atom is -0.335 e. The van der Waals surface area contributed by atoms with E-state index in [9.17, 15) is 13.2 Å². The Kier molecular flexibility index (Phi) is 11.1. The molecule has 0 spiro atoms. The summed E-state index contributed by atoms with van der Waals surface area (Å²) in [6.07, 6.45) is 3.84. The van der Waals surface area contributed by atoms with Crippen molar-refractivity contribution < 1.29 is 13.2 Å². The Hall–Kier alpha value is -4.09. The lowest BCUT2D eigenvalue weighted by Gasteiger charge is -2.23. The third-order valence-corrected chi connectivity index (χ3v) is 10.4. The summed E-state index contributed by atoms with van der Waals surface area (Å²) >= 11 is 7.68. The number of anilines is 1. The maximum absolute atomic E-state index is 13.3. The predicted octanol–water partition coefficient (Wildman–Crippen LogP) is 8.28. The highest BCUT2D eigenvalue weighted by atomic mass is 35.5. The van der Waals surface area contributed by atoms with Crippen molar-refractivity contribution in [3.63, 3.8) is 0 Å². The Bertz CT molecular complexity index is 1820. The van der Waals surface area contributed by atoms with Crippen LogP contribution in [0.4, 0.5) is 9.93 Å². The Labute approximate surface area is 285 Å². The second-order valence-electron chi connectivity index (χ2n) is 12.3.